The summed E-state index contributed by atoms with van der Waals surface area (Å²) in [5.41, 5.74) is 23.9. The van der Waals surface area contributed by atoms with Gasteiger partial charge in [-0.25, -0.2) is 58.4 Å². The third-order valence-electron chi connectivity index (χ3n) is 20.5. The molecule has 21 aromatic rings. The number of rotatable bonds is 23. The fraction of sp³-hybridized carbons (Fsp3) is 0.170. The van der Waals surface area contributed by atoms with Gasteiger partial charge < -0.3 is 53.8 Å². The summed E-state index contributed by atoms with van der Waals surface area (Å²) in [6.07, 6.45) is 5.63. The van der Waals surface area contributed by atoms with Crippen LogP contribution in [0.1, 0.15) is 75.8 Å². The van der Waals surface area contributed by atoms with Crippen molar-refractivity contribution in [1.82, 2.24) is 93.7 Å². The van der Waals surface area contributed by atoms with E-state index >= 15 is 0 Å². The van der Waals surface area contributed by atoms with Crippen LogP contribution in [0.4, 0.5) is 5.82 Å². The molecule has 8 aromatic carbocycles. The van der Waals surface area contributed by atoms with Crippen molar-refractivity contribution in [2.45, 2.75) is 52.8 Å². The van der Waals surface area contributed by atoms with E-state index in [2.05, 4.69) is 87.3 Å². The third-order valence-corrected chi connectivity index (χ3v) is 28.0. The molecule has 0 aliphatic heterocycles. The molecule has 3 N–H and O–H groups in total. The molecule has 0 spiro atoms. The van der Waals surface area contributed by atoms with Crippen molar-refractivity contribution in [2.24, 2.45) is 0 Å². The average Bonchev–Trinajstić information content (AvgIpc) is 1.63. The van der Waals surface area contributed by atoms with E-state index in [0.29, 0.717) is 87.3 Å². The third kappa shape index (κ3) is 26.8. The topological polar surface area (TPSA) is 362 Å². The number of aromatic hydroxyl groups is 1. The fourth-order valence-corrected chi connectivity index (χ4v) is 19.9. The van der Waals surface area contributed by atoms with Crippen molar-refractivity contribution in [3.63, 3.8) is 0 Å². The number of ether oxygens (including phenoxy) is 7. The Kier molecular flexibility index (Phi) is 35.0. The number of methoxy groups -OCH3 is 4. The van der Waals surface area contributed by atoms with E-state index in [1.165, 1.54) is 45.3 Å². The Labute approximate surface area is 876 Å². The van der Waals surface area contributed by atoms with Crippen LogP contribution in [0.3, 0.4) is 0 Å². The number of thiazole rings is 6. The molecule has 21 rings (SSSR count). The number of amides is 2. The first-order chi connectivity index (χ1) is 69.0. The second-order valence-electron chi connectivity index (χ2n) is 31.4. The molecule has 0 fully saturated rings. The summed E-state index contributed by atoms with van der Waals surface area (Å²) in [7, 11) is 13.4. The van der Waals surface area contributed by atoms with Crippen LogP contribution >= 0.6 is 134 Å². The molecular weight excluding hydrogens is 2130 g/mol. The first kappa shape index (κ1) is 104. The Bertz CT molecular complexity index is 7990. The van der Waals surface area contributed by atoms with Gasteiger partial charge in [0.25, 0.3) is 11.8 Å². The van der Waals surface area contributed by atoms with Crippen molar-refractivity contribution in [2.75, 3.05) is 67.7 Å². The van der Waals surface area contributed by atoms with Crippen molar-refractivity contribution >= 4 is 220 Å². The zero-order chi connectivity index (χ0) is 101. The van der Waals surface area contributed by atoms with Crippen LogP contribution < -0.4 is 38.9 Å². The Balaban J connectivity index is 0.000000133. The number of nitrogen functional groups attached to an aromatic ring is 1. The molecule has 13 heterocycles. The van der Waals surface area contributed by atoms with Gasteiger partial charge >= 0.3 is 4.96 Å². The minimum Gasteiger partial charge on any atom is -0.506 e. The SMILES string of the molecule is CN(C)C(=O)c1ccc(-c2nc(CBr)cs2)cc1.COc1cc(O)c2sc(-c3cn4nc(C)ccc4n3)nc2c1.COc1cc(OCc2ccccc2)c2sc(-c3cn4nc(C)ccc4n3)nc2c1.COc1cc(OCc2ccccc2)c2sc(C(=O)CBr)nc2c1.COc1cc(OCc2csc(-c3ccc(C(=O)N(C)C)cc3)n2)c2sc(-c3cn4nc(C)ccc4n3)nc2c1.Cc1ccc(N)nn1.ClB(Cl)Cl. The molecule has 2 amide bonds. The van der Waals surface area contributed by atoms with Crippen LogP contribution in [0.25, 0.3) is 111 Å². The lowest BCUT2D eigenvalue weighted by molar-refractivity contribution is 0.0820. The number of carbonyl (C=O) groups is 3. The van der Waals surface area contributed by atoms with Gasteiger partial charge in [0.2, 0.25) is 5.78 Å². The van der Waals surface area contributed by atoms with Crippen LogP contribution in [0.15, 0.2) is 236 Å². The number of hydrogen-bond acceptors (Lipinski definition) is 32. The number of Topliss-reactive ketones (excluding diaryl/α,β-unsaturated/α-hetero) is 1. The number of imidazole rings is 3. The number of hydrogen-bond donors (Lipinski definition) is 2. The molecule has 0 unspecified atom stereocenters. The molecule has 0 saturated carbocycles. The normalized spacial score (nSPS) is 10.8. The molecule has 31 nitrogen and oxygen atoms in total. The van der Waals surface area contributed by atoms with Gasteiger partial charge in [-0.2, -0.15) is 54.8 Å². The van der Waals surface area contributed by atoms with Gasteiger partial charge in [-0.3, -0.25) is 14.4 Å². The first-order valence-corrected chi connectivity index (χ1v) is 51.9. The van der Waals surface area contributed by atoms with E-state index in [0.717, 1.165) is 156 Å². The molecular formula is C100H88BBr2Cl3N20O11S6. The quantitative estimate of drug-likeness (QED) is 0.0341. The zero-order valence-electron chi connectivity index (χ0n) is 78.6. The maximum absolute atomic E-state index is 12.2. The summed E-state index contributed by atoms with van der Waals surface area (Å²) >= 11 is 29.9. The standard InChI is InChI=1S/C28H24N6O3S2.C22H18N4O2S.C17H14BrNO3S.C15H12N4O2S.C13H13BrN2OS.C5H7N3.BCl3/c1-16-5-10-24-30-22(13-34(24)32-16)27-31-21-11-20(36-4)12-23(25(21)39-27)37-14-19-15-38-26(29-19)17-6-8-18(9-7-17)28(35)33(2)3;1-14-8-9-20-23-18(12-26(20)25-14)22-24-17-10-16(27-2)11-19(21(17)29-22)28-13-15-6-4-3-5-7-15;1-21-12-7-13-16(23-17(19-13)14(20)9-18)15(8-12)22-10-11-5-3-2-4-6-11;1-8-3-4-13-16-11(7-19(13)18-8)15-17-10-5-9(21-2)6-12(20)14(10)22-15;1-16(2)13(17)10-5-3-9(4-6-10)12-15-11(7-14)8-18-12;1-4-2-3-5(6)8-7-4;2-1(3)4/h5-13,15H,14H2,1-4H3;3-12H,13H2,1-2H3;2-8H,9-10H2,1H3;3-7,20H,1-2H3;3-6,8H,7H2,1-2H3;2-3H,1H3,(H2,6,8);. The highest BCUT2D eigenvalue weighted by Crippen LogP contribution is 2.44. The highest BCUT2D eigenvalue weighted by molar-refractivity contribution is 9.09. The van der Waals surface area contributed by atoms with E-state index < -0.39 is 4.96 Å². The second-order valence-corrected chi connectivity index (χ2v) is 40.2. The molecule has 0 aliphatic rings. The number of aromatic nitrogens is 17. The number of halogens is 5. The number of carbonyl (C=O) groups excluding carboxylic acids is 3. The van der Waals surface area contributed by atoms with Gasteiger partial charge in [-0.15, -0.1) is 73.1 Å². The maximum atomic E-state index is 12.2. The maximum Gasteiger partial charge on any atom is 0.450 e. The zero-order valence-corrected chi connectivity index (χ0v) is 88.9. The lowest BCUT2D eigenvalue weighted by atomic mass is 10.1. The first-order valence-electron chi connectivity index (χ1n) is 43.3. The number of ketones is 1. The van der Waals surface area contributed by atoms with E-state index in [1.807, 2.05) is 245 Å². The van der Waals surface area contributed by atoms with Gasteiger partial charge in [0, 0.05) is 115 Å². The lowest BCUT2D eigenvalue weighted by Crippen LogP contribution is -2.21. The van der Waals surface area contributed by atoms with E-state index in [9.17, 15) is 19.5 Å². The summed E-state index contributed by atoms with van der Waals surface area (Å²) in [4.78, 5) is 79.8. The number of anilines is 1. The van der Waals surface area contributed by atoms with Crippen LogP contribution in [0, 0.1) is 27.7 Å². The summed E-state index contributed by atoms with van der Waals surface area (Å²) in [5.74, 6) is 5.28. The molecule has 43 heteroatoms. The van der Waals surface area contributed by atoms with E-state index in [-0.39, 0.29) is 28.7 Å². The van der Waals surface area contributed by atoms with Crippen LogP contribution in [0.5, 0.6) is 46.0 Å². The molecule has 0 atom stereocenters. The monoisotopic (exact) mass is 2210 g/mol. The predicted octanol–water partition coefficient (Wildman–Crippen LogP) is 23.6. The van der Waals surface area contributed by atoms with E-state index in [4.69, 9.17) is 88.2 Å². The number of nitrogens with zero attached hydrogens (tertiary/aromatic N) is 19. The Morgan fingerprint density at radius 1 is 0.413 bits per heavy atom. The molecule has 0 saturated heterocycles. The van der Waals surface area contributed by atoms with Gasteiger partial charge in [-0.05, 0) is 112 Å². The number of fused-ring (bicyclic) bond motifs is 7. The Morgan fingerprint density at radius 3 is 1.15 bits per heavy atom. The average molecular weight is 2220 g/mol. The Hall–Kier alpha value is -13.8. The Morgan fingerprint density at radius 2 is 0.776 bits per heavy atom. The number of nitrogens with two attached hydrogens (primary N) is 1. The predicted molar refractivity (Wildman–Crippen MR) is 579 cm³/mol. The van der Waals surface area contributed by atoms with Crippen molar-refractivity contribution < 1.29 is 52.6 Å². The summed E-state index contributed by atoms with van der Waals surface area (Å²) in [6.45, 7) is 8.92. The molecule has 0 bridgehead atoms. The van der Waals surface area contributed by atoms with Crippen molar-refractivity contribution in [3.8, 4) is 99.2 Å². The molecule has 0 radical (unpaired) electrons. The van der Waals surface area contributed by atoms with Crippen molar-refractivity contribution in [1.29, 1.82) is 0 Å². The van der Waals surface area contributed by atoms with Gasteiger partial charge in [0.1, 0.15) is 114 Å². The highest BCUT2D eigenvalue weighted by Gasteiger charge is 2.23. The van der Waals surface area contributed by atoms with Gasteiger partial charge in [0.05, 0.1) is 127 Å². The van der Waals surface area contributed by atoms with Gasteiger partial charge in [-0.1, -0.05) is 117 Å². The molecule has 13 aromatic heterocycles. The number of aryl methyl sites for hydroxylation is 4. The number of benzene rings is 8. The summed E-state index contributed by atoms with van der Waals surface area (Å²) in [5, 5.41) is 40.4. The second kappa shape index (κ2) is 48.3. The molecule has 143 heavy (non-hydrogen) atoms. The minimum absolute atomic E-state index is 0.0156. The fourth-order valence-electron chi connectivity index (χ4n) is 13.5. The highest BCUT2D eigenvalue weighted by atomic mass is 79.9. The number of phenolic OH excluding ortho intramolecular Hbond substituents is 1. The number of alkyl halides is 2. The smallest absolute Gasteiger partial charge is 0.450 e. The minimum atomic E-state index is -0.750. The summed E-state index contributed by atoms with van der Waals surface area (Å²) < 4.78 is 48.5. The van der Waals surface area contributed by atoms with E-state index in [1.54, 1.807) is 121 Å². The largest absolute Gasteiger partial charge is 0.506 e. The summed E-state index contributed by atoms with van der Waals surface area (Å²) in [6, 6.07) is 64.8. The van der Waals surface area contributed by atoms with Crippen LogP contribution in [0.2, 0.25) is 0 Å². The lowest BCUT2D eigenvalue weighted by Gasteiger charge is -2.10. The van der Waals surface area contributed by atoms with Crippen LogP contribution in [-0.4, -0.2) is 183 Å². The molecule has 0 aliphatic carbocycles. The van der Waals surface area contributed by atoms with Crippen LogP contribution in [-0.2, 0) is 25.2 Å². The van der Waals surface area contributed by atoms with Crippen molar-refractivity contribution in [3.05, 3.63) is 297 Å². The molecule has 728 valence electrons. The number of phenols is 1. The van der Waals surface area contributed by atoms with Gasteiger partial charge in [0.15, 0.2) is 21.9 Å².